The van der Waals surface area contributed by atoms with E-state index in [1.54, 1.807) is 6.07 Å². The molecule has 0 spiro atoms. The number of carbonyl (C=O) groups is 1. The molecule has 1 fully saturated rings. The van der Waals surface area contributed by atoms with Gasteiger partial charge in [0.1, 0.15) is 13.2 Å². The van der Waals surface area contributed by atoms with Gasteiger partial charge in [0.25, 0.3) is 5.91 Å². The van der Waals surface area contributed by atoms with Crippen LogP contribution in [0.1, 0.15) is 23.7 Å². The van der Waals surface area contributed by atoms with Crippen molar-refractivity contribution < 1.29 is 14.3 Å². The zero-order chi connectivity index (χ0) is 13.9. The molecule has 3 rings (SSSR count). The Balaban J connectivity index is 1.73. The average molecular weight is 276 g/mol. The van der Waals surface area contributed by atoms with Crippen molar-refractivity contribution in [3.63, 3.8) is 0 Å². The van der Waals surface area contributed by atoms with E-state index in [4.69, 9.17) is 9.47 Å². The van der Waals surface area contributed by atoms with Crippen LogP contribution in [-0.4, -0.2) is 38.3 Å². The smallest absolute Gasteiger partial charge is 0.255 e. The molecule has 1 amide bonds. The number of carbonyl (C=O) groups excluding carboxylic acids is 1. The van der Waals surface area contributed by atoms with Gasteiger partial charge >= 0.3 is 0 Å². The number of para-hydroxylation sites is 1. The normalized spacial score (nSPS) is 22.4. The van der Waals surface area contributed by atoms with Gasteiger partial charge in [-0.25, -0.2) is 0 Å². The van der Waals surface area contributed by atoms with E-state index in [2.05, 4.69) is 17.6 Å². The third-order valence-corrected chi connectivity index (χ3v) is 3.98. The summed E-state index contributed by atoms with van der Waals surface area (Å²) in [5.74, 6) is 1.62. The molecule has 0 bridgehead atoms. The first-order valence-electron chi connectivity index (χ1n) is 7.16. The van der Waals surface area contributed by atoms with Gasteiger partial charge in [-0.3, -0.25) is 4.79 Å². The van der Waals surface area contributed by atoms with Crippen molar-refractivity contribution in [3.8, 4) is 11.5 Å². The van der Waals surface area contributed by atoms with E-state index >= 15 is 0 Å². The molecular weight excluding hydrogens is 256 g/mol. The zero-order valence-corrected chi connectivity index (χ0v) is 11.6. The topological polar surface area (TPSA) is 59.6 Å². The highest BCUT2D eigenvalue weighted by molar-refractivity contribution is 5.98. The van der Waals surface area contributed by atoms with Crippen LogP contribution in [-0.2, 0) is 0 Å². The molecule has 2 heterocycles. The first kappa shape index (κ1) is 13.2. The predicted octanol–water partition coefficient (Wildman–Crippen LogP) is 1.19. The summed E-state index contributed by atoms with van der Waals surface area (Å²) >= 11 is 0. The van der Waals surface area contributed by atoms with Crippen molar-refractivity contribution in [2.24, 2.45) is 5.92 Å². The third-order valence-electron chi connectivity index (χ3n) is 3.98. The Hall–Kier alpha value is -1.75. The summed E-state index contributed by atoms with van der Waals surface area (Å²) in [6, 6.07) is 5.58. The summed E-state index contributed by atoms with van der Waals surface area (Å²) in [6.45, 7) is 5.07. The van der Waals surface area contributed by atoms with E-state index in [-0.39, 0.29) is 11.9 Å². The van der Waals surface area contributed by atoms with Crippen LogP contribution in [0.15, 0.2) is 18.2 Å². The number of benzene rings is 1. The maximum absolute atomic E-state index is 12.4. The molecule has 2 aliphatic heterocycles. The Kier molecular flexibility index (Phi) is 3.78. The van der Waals surface area contributed by atoms with Crippen LogP contribution >= 0.6 is 0 Å². The van der Waals surface area contributed by atoms with Crippen molar-refractivity contribution in [2.45, 2.75) is 19.4 Å². The Bertz CT molecular complexity index is 498. The van der Waals surface area contributed by atoms with Gasteiger partial charge in [-0.2, -0.15) is 0 Å². The van der Waals surface area contributed by atoms with Crippen molar-refractivity contribution in [1.82, 2.24) is 10.6 Å². The maximum Gasteiger partial charge on any atom is 0.255 e. The van der Waals surface area contributed by atoms with Crippen molar-refractivity contribution in [2.75, 3.05) is 26.3 Å². The van der Waals surface area contributed by atoms with Gasteiger partial charge in [-0.15, -0.1) is 0 Å². The van der Waals surface area contributed by atoms with Gasteiger partial charge in [0, 0.05) is 6.04 Å². The van der Waals surface area contributed by atoms with Crippen molar-refractivity contribution in [1.29, 1.82) is 0 Å². The van der Waals surface area contributed by atoms with Crippen molar-refractivity contribution in [3.05, 3.63) is 23.8 Å². The van der Waals surface area contributed by atoms with Gasteiger partial charge < -0.3 is 20.1 Å². The quantitative estimate of drug-likeness (QED) is 0.870. The van der Waals surface area contributed by atoms with Gasteiger partial charge in [-0.1, -0.05) is 6.07 Å². The molecule has 20 heavy (non-hydrogen) atoms. The monoisotopic (exact) mass is 276 g/mol. The predicted molar refractivity (Wildman–Crippen MR) is 75.3 cm³/mol. The van der Waals surface area contributed by atoms with Crippen LogP contribution in [0.5, 0.6) is 11.5 Å². The number of ether oxygens (including phenoxy) is 2. The van der Waals surface area contributed by atoms with E-state index in [0.717, 1.165) is 19.5 Å². The summed E-state index contributed by atoms with van der Waals surface area (Å²) < 4.78 is 11.1. The number of amides is 1. The molecule has 0 radical (unpaired) electrons. The van der Waals surface area contributed by atoms with E-state index in [0.29, 0.717) is 36.2 Å². The molecule has 2 N–H and O–H groups in total. The second-order valence-electron chi connectivity index (χ2n) is 5.34. The van der Waals surface area contributed by atoms with Crippen LogP contribution in [0, 0.1) is 5.92 Å². The molecule has 1 aromatic carbocycles. The lowest BCUT2D eigenvalue weighted by Gasteiger charge is -2.23. The highest BCUT2D eigenvalue weighted by atomic mass is 16.6. The molecule has 108 valence electrons. The SMILES string of the molecule is CC(NC(=O)c1cccc2c1OCCO2)C1CCNC1. The van der Waals surface area contributed by atoms with Gasteiger partial charge in [-0.05, 0) is 44.5 Å². The van der Waals surface area contributed by atoms with Crippen LogP contribution in [0.3, 0.4) is 0 Å². The van der Waals surface area contributed by atoms with Crippen LogP contribution < -0.4 is 20.1 Å². The van der Waals surface area contributed by atoms with Gasteiger partial charge in [0.15, 0.2) is 11.5 Å². The molecule has 2 atom stereocenters. The molecule has 5 heteroatoms. The van der Waals surface area contributed by atoms with Crippen LogP contribution in [0.4, 0.5) is 0 Å². The highest BCUT2D eigenvalue weighted by Crippen LogP contribution is 2.33. The number of fused-ring (bicyclic) bond motifs is 1. The Labute approximate surface area is 118 Å². The van der Waals surface area contributed by atoms with Crippen LogP contribution in [0.25, 0.3) is 0 Å². The molecule has 1 saturated heterocycles. The number of hydrogen-bond donors (Lipinski definition) is 2. The molecule has 2 unspecified atom stereocenters. The first-order chi connectivity index (χ1) is 9.75. The molecule has 5 nitrogen and oxygen atoms in total. The largest absolute Gasteiger partial charge is 0.486 e. The lowest BCUT2D eigenvalue weighted by molar-refractivity contribution is 0.0918. The minimum atomic E-state index is -0.0910. The molecule has 1 aromatic rings. The van der Waals surface area contributed by atoms with E-state index in [1.165, 1.54) is 0 Å². The lowest BCUT2D eigenvalue weighted by atomic mass is 10.00. The zero-order valence-electron chi connectivity index (χ0n) is 11.6. The van der Waals surface area contributed by atoms with E-state index in [9.17, 15) is 4.79 Å². The standard InChI is InChI=1S/C15H20N2O3/c1-10(11-5-6-16-9-11)17-15(18)12-3-2-4-13-14(12)20-8-7-19-13/h2-4,10-11,16H,5-9H2,1H3,(H,17,18). The van der Waals surface area contributed by atoms with E-state index in [1.807, 2.05) is 12.1 Å². The number of rotatable bonds is 3. The summed E-state index contributed by atoms with van der Waals surface area (Å²) in [5.41, 5.74) is 0.556. The second-order valence-corrected chi connectivity index (χ2v) is 5.34. The average Bonchev–Trinajstić information content (AvgIpc) is 3.01. The Morgan fingerprint density at radius 3 is 3.05 bits per heavy atom. The minimum Gasteiger partial charge on any atom is -0.486 e. The highest BCUT2D eigenvalue weighted by Gasteiger charge is 2.25. The molecular formula is C15H20N2O3. The molecule has 0 saturated carbocycles. The van der Waals surface area contributed by atoms with E-state index < -0.39 is 0 Å². The molecule has 0 aromatic heterocycles. The summed E-state index contributed by atoms with van der Waals surface area (Å²) in [5, 5.41) is 6.39. The maximum atomic E-state index is 12.4. The molecule has 0 aliphatic carbocycles. The Morgan fingerprint density at radius 2 is 2.25 bits per heavy atom. The Morgan fingerprint density at radius 1 is 1.40 bits per heavy atom. The number of hydrogen-bond acceptors (Lipinski definition) is 4. The third kappa shape index (κ3) is 2.58. The summed E-state index contributed by atoms with van der Waals surface area (Å²) in [6.07, 6.45) is 1.11. The summed E-state index contributed by atoms with van der Waals surface area (Å²) in [7, 11) is 0. The molecule has 2 aliphatic rings. The fourth-order valence-electron chi connectivity index (χ4n) is 2.76. The minimum absolute atomic E-state index is 0.0910. The fraction of sp³-hybridized carbons (Fsp3) is 0.533. The van der Waals surface area contributed by atoms with Crippen LogP contribution in [0.2, 0.25) is 0 Å². The lowest BCUT2D eigenvalue weighted by Crippen LogP contribution is -2.39. The second kappa shape index (κ2) is 5.71. The number of nitrogens with one attached hydrogen (secondary N) is 2. The summed E-state index contributed by atoms with van der Waals surface area (Å²) in [4.78, 5) is 12.4. The van der Waals surface area contributed by atoms with Gasteiger partial charge in [0.2, 0.25) is 0 Å². The first-order valence-corrected chi connectivity index (χ1v) is 7.16. The fourth-order valence-corrected chi connectivity index (χ4v) is 2.76. The van der Waals surface area contributed by atoms with Gasteiger partial charge in [0.05, 0.1) is 5.56 Å². The van der Waals surface area contributed by atoms with Crippen molar-refractivity contribution >= 4 is 5.91 Å².